The number of alkyl halides is 3. The van der Waals surface area contributed by atoms with Gasteiger partial charge in [-0.1, -0.05) is 11.6 Å². The molecular weight excluding hydrogens is 333 g/mol. The molecular formula is C13H14ClF3N6. The molecule has 10 heteroatoms. The summed E-state index contributed by atoms with van der Waals surface area (Å²) in [6, 6.07) is 3.45. The van der Waals surface area contributed by atoms with E-state index in [-0.39, 0.29) is 22.2 Å². The topological polar surface area (TPSA) is 79.1 Å². The van der Waals surface area contributed by atoms with Crippen LogP contribution in [-0.2, 0) is 6.18 Å². The van der Waals surface area contributed by atoms with Crippen molar-refractivity contribution >= 4 is 34.6 Å². The van der Waals surface area contributed by atoms with Gasteiger partial charge >= 0.3 is 6.18 Å². The van der Waals surface area contributed by atoms with Gasteiger partial charge in [-0.2, -0.15) is 13.2 Å². The Labute approximate surface area is 135 Å². The van der Waals surface area contributed by atoms with E-state index in [0.29, 0.717) is 5.82 Å². The summed E-state index contributed by atoms with van der Waals surface area (Å²) in [5.74, 6) is 0.511. The molecule has 0 aliphatic heterocycles. The Morgan fingerprint density at radius 3 is 2.43 bits per heavy atom. The van der Waals surface area contributed by atoms with Crippen molar-refractivity contribution in [3.63, 3.8) is 0 Å². The van der Waals surface area contributed by atoms with Crippen LogP contribution in [0.3, 0.4) is 0 Å². The second kappa shape index (κ2) is 6.47. The lowest BCUT2D eigenvalue weighted by Crippen LogP contribution is -2.21. The van der Waals surface area contributed by atoms with Gasteiger partial charge in [0.1, 0.15) is 12.0 Å². The van der Waals surface area contributed by atoms with E-state index in [0.717, 1.165) is 12.1 Å². The monoisotopic (exact) mass is 346 g/mol. The number of benzene rings is 1. The third kappa shape index (κ3) is 4.14. The van der Waals surface area contributed by atoms with Crippen LogP contribution in [0.4, 0.5) is 36.2 Å². The normalized spacial score (nSPS) is 11.6. The maximum Gasteiger partial charge on any atom is 0.417 e. The second-order valence-corrected chi connectivity index (χ2v) is 5.22. The van der Waals surface area contributed by atoms with Gasteiger partial charge in [0.05, 0.1) is 10.6 Å². The molecule has 124 valence electrons. The van der Waals surface area contributed by atoms with Crippen molar-refractivity contribution in [1.29, 1.82) is 0 Å². The van der Waals surface area contributed by atoms with Gasteiger partial charge in [-0.05, 0) is 18.2 Å². The Hall–Kier alpha value is -2.26. The van der Waals surface area contributed by atoms with E-state index in [1.54, 1.807) is 19.1 Å². The van der Waals surface area contributed by atoms with Gasteiger partial charge in [-0.3, -0.25) is 0 Å². The first-order valence-corrected chi connectivity index (χ1v) is 6.74. The Morgan fingerprint density at radius 1 is 1.17 bits per heavy atom. The molecule has 2 aromatic rings. The molecule has 23 heavy (non-hydrogen) atoms. The first-order valence-electron chi connectivity index (χ1n) is 6.36. The number of anilines is 4. The molecule has 0 radical (unpaired) electrons. The van der Waals surface area contributed by atoms with Crippen molar-refractivity contribution in [1.82, 2.24) is 15.0 Å². The SMILES string of the molecule is CN(C)Nc1ncnc(Nc2ccc(Cl)c(C(F)(F)F)c2)c1N. The van der Waals surface area contributed by atoms with E-state index in [9.17, 15) is 13.2 Å². The lowest BCUT2D eigenvalue weighted by atomic mass is 10.2. The van der Waals surface area contributed by atoms with Crippen LogP contribution < -0.4 is 16.5 Å². The molecule has 0 spiro atoms. The van der Waals surface area contributed by atoms with Crippen molar-refractivity contribution in [3.8, 4) is 0 Å². The van der Waals surface area contributed by atoms with Crippen molar-refractivity contribution in [2.45, 2.75) is 6.18 Å². The quantitative estimate of drug-likeness (QED) is 0.737. The molecule has 1 aromatic carbocycles. The Morgan fingerprint density at radius 2 is 1.83 bits per heavy atom. The molecule has 6 nitrogen and oxygen atoms in total. The highest BCUT2D eigenvalue weighted by Gasteiger charge is 2.33. The molecule has 0 atom stereocenters. The molecule has 1 aromatic heterocycles. The van der Waals surface area contributed by atoms with Gasteiger partial charge in [-0.15, -0.1) is 0 Å². The van der Waals surface area contributed by atoms with Crippen LogP contribution in [0, 0.1) is 0 Å². The molecule has 0 fully saturated rings. The third-order valence-electron chi connectivity index (χ3n) is 2.75. The zero-order valence-electron chi connectivity index (χ0n) is 12.2. The summed E-state index contributed by atoms with van der Waals surface area (Å²) in [7, 11) is 3.48. The summed E-state index contributed by atoms with van der Waals surface area (Å²) in [6.07, 6.45) is -3.31. The summed E-state index contributed by atoms with van der Waals surface area (Å²) in [4.78, 5) is 7.90. The van der Waals surface area contributed by atoms with Crippen molar-refractivity contribution in [3.05, 3.63) is 35.1 Å². The van der Waals surface area contributed by atoms with E-state index >= 15 is 0 Å². The number of nitrogens with two attached hydrogens (primary N) is 1. The smallest absolute Gasteiger partial charge is 0.393 e. The molecule has 0 saturated heterocycles. The summed E-state index contributed by atoms with van der Waals surface area (Å²) in [5.41, 5.74) is 8.15. The predicted octanol–water partition coefficient (Wildman–Crippen LogP) is 3.36. The minimum Gasteiger partial charge on any atom is -0.393 e. The van der Waals surface area contributed by atoms with Gasteiger partial charge in [-0.25, -0.2) is 15.0 Å². The van der Waals surface area contributed by atoms with E-state index in [1.165, 1.54) is 12.4 Å². The zero-order chi connectivity index (χ0) is 17.2. The van der Waals surface area contributed by atoms with Crippen molar-refractivity contribution < 1.29 is 13.2 Å². The van der Waals surface area contributed by atoms with Crippen LogP contribution in [0.5, 0.6) is 0 Å². The minimum absolute atomic E-state index is 0.155. The molecule has 2 rings (SSSR count). The van der Waals surface area contributed by atoms with Gasteiger partial charge in [0.15, 0.2) is 11.6 Å². The summed E-state index contributed by atoms with van der Waals surface area (Å²) in [6.45, 7) is 0. The highest BCUT2D eigenvalue weighted by Crippen LogP contribution is 2.37. The van der Waals surface area contributed by atoms with Gasteiger partial charge in [0.25, 0.3) is 0 Å². The summed E-state index contributed by atoms with van der Waals surface area (Å²) >= 11 is 5.58. The van der Waals surface area contributed by atoms with Crippen LogP contribution in [-0.4, -0.2) is 29.1 Å². The molecule has 0 saturated carbocycles. The van der Waals surface area contributed by atoms with Gasteiger partial charge in [0, 0.05) is 19.8 Å². The lowest BCUT2D eigenvalue weighted by Gasteiger charge is -2.17. The van der Waals surface area contributed by atoms with Crippen LogP contribution in [0.1, 0.15) is 5.56 Å². The molecule has 1 heterocycles. The average Bonchev–Trinajstić information content (AvgIpc) is 2.43. The number of nitrogens with one attached hydrogen (secondary N) is 2. The summed E-state index contributed by atoms with van der Waals surface area (Å²) in [5, 5.41) is 3.97. The fourth-order valence-electron chi connectivity index (χ4n) is 1.75. The van der Waals surface area contributed by atoms with Crippen molar-refractivity contribution in [2.24, 2.45) is 0 Å². The van der Waals surface area contributed by atoms with E-state index in [1.807, 2.05) is 0 Å². The molecule has 0 bridgehead atoms. The zero-order valence-corrected chi connectivity index (χ0v) is 13.0. The molecule has 0 amide bonds. The maximum atomic E-state index is 12.9. The number of rotatable bonds is 4. The molecule has 0 aliphatic rings. The first-order chi connectivity index (χ1) is 10.7. The van der Waals surface area contributed by atoms with Gasteiger partial charge in [0.2, 0.25) is 0 Å². The maximum absolute atomic E-state index is 12.9. The van der Waals surface area contributed by atoms with Crippen LogP contribution in [0.25, 0.3) is 0 Å². The van der Waals surface area contributed by atoms with Crippen LogP contribution in [0.2, 0.25) is 5.02 Å². The third-order valence-corrected chi connectivity index (χ3v) is 3.08. The highest BCUT2D eigenvalue weighted by molar-refractivity contribution is 6.31. The van der Waals surface area contributed by atoms with Crippen molar-refractivity contribution in [2.75, 3.05) is 30.6 Å². The number of halogens is 4. The molecule has 0 aliphatic carbocycles. The fraction of sp³-hybridized carbons (Fsp3) is 0.231. The Kier molecular flexibility index (Phi) is 4.81. The van der Waals surface area contributed by atoms with E-state index in [2.05, 4.69) is 20.7 Å². The highest BCUT2D eigenvalue weighted by atomic mass is 35.5. The number of hydrogen-bond donors (Lipinski definition) is 3. The fourth-order valence-corrected chi connectivity index (χ4v) is 1.98. The minimum atomic E-state index is -4.55. The number of nitrogen functional groups attached to an aromatic ring is 1. The number of hydrogen-bond acceptors (Lipinski definition) is 6. The lowest BCUT2D eigenvalue weighted by molar-refractivity contribution is -0.137. The van der Waals surface area contributed by atoms with Crippen LogP contribution >= 0.6 is 11.6 Å². The standard InChI is InChI=1S/C13H14ClF3N6/c1-23(2)22-12-10(18)11(19-6-20-12)21-7-3-4-9(14)8(5-7)13(15,16)17/h3-6H,18H2,1-2H3,(H2,19,20,21,22). The predicted molar refractivity (Wildman–Crippen MR) is 83.5 cm³/mol. The Bertz CT molecular complexity index is 705. The largest absolute Gasteiger partial charge is 0.417 e. The Balaban J connectivity index is 2.33. The number of hydrazine groups is 1. The number of aromatic nitrogens is 2. The first kappa shape index (κ1) is 17.1. The second-order valence-electron chi connectivity index (χ2n) is 4.81. The molecule has 4 N–H and O–H groups in total. The van der Waals surface area contributed by atoms with E-state index < -0.39 is 11.7 Å². The molecule has 0 unspecified atom stereocenters. The van der Waals surface area contributed by atoms with Gasteiger partial charge < -0.3 is 16.5 Å². The average molecular weight is 347 g/mol. The van der Waals surface area contributed by atoms with E-state index in [4.69, 9.17) is 17.3 Å². The van der Waals surface area contributed by atoms with Crippen LogP contribution in [0.15, 0.2) is 24.5 Å². The number of nitrogens with zero attached hydrogens (tertiary/aromatic N) is 3. The summed E-state index contributed by atoms with van der Waals surface area (Å²) < 4.78 is 38.6.